The molecule has 2 N–H and O–H groups in total. The number of hydrogen-bond donors (Lipinski definition) is 2. The summed E-state index contributed by atoms with van der Waals surface area (Å²) in [5.74, 6) is 0.926. The highest BCUT2D eigenvalue weighted by Crippen LogP contribution is 2.40. The molecule has 0 saturated carbocycles. The molecular formula is C15H20N2O. The summed E-state index contributed by atoms with van der Waals surface area (Å²) in [5.41, 5.74) is 3.29. The maximum Gasteiger partial charge on any atom is 0.175 e. The number of aromatic amines is 1. The fourth-order valence-electron chi connectivity index (χ4n) is 2.37. The van der Waals surface area contributed by atoms with Crippen LogP contribution in [-0.4, -0.2) is 10.7 Å². The smallest absolute Gasteiger partial charge is 0.175 e. The lowest BCUT2D eigenvalue weighted by Crippen LogP contribution is -2.31. The third-order valence-corrected chi connectivity index (χ3v) is 3.33. The van der Waals surface area contributed by atoms with Crippen LogP contribution >= 0.6 is 0 Å². The zero-order chi connectivity index (χ0) is 13.1. The molecule has 3 nitrogen and oxygen atoms in total. The van der Waals surface area contributed by atoms with Gasteiger partial charge in [-0.25, -0.2) is 0 Å². The predicted octanol–water partition coefficient (Wildman–Crippen LogP) is 4.01. The van der Waals surface area contributed by atoms with Crippen molar-refractivity contribution in [3.8, 4) is 5.75 Å². The van der Waals surface area contributed by atoms with E-state index in [0.717, 1.165) is 17.0 Å². The van der Waals surface area contributed by atoms with Crippen molar-refractivity contribution in [1.29, 1.82) is 0 Å². The summed E-state index contributed by atoms with van der Waals surface area (Å²) in [6, 6.07) is 6.47. The Kier molecular flexibility index (Phi) is 2.05. The van der Waals surface area contributed by atoms with E-state index in [1.54, 1.807) is 0 Å². The molecule has 0 bridgehead atoms. The van der Waals surface area contributed by atoms with Crippen molar-refractivity contribution in [2.75, 3.05) is 5.32 Å². The first-order valence-corrected chi connectivity index (χ1v) is 6.39. The highest BCUT2D eigenvalue weighted by atomic mass is 16.5. The molecule has 2 aromatic rings. The van der Waals surface area contributed by atoms with Crippen LogP contribution in [0.1, 0.15) is 40.3 Å². The minimum absolute atomic E-state index is 0.136. The van der Waals surface area contributed by atoms with E-state index in [1.165, 1.54) is 11.1 Å². The van der Waals surface area contributed by atoms with Crippen LogP contribution in [0.4, 0.5) is 5.69 Å². The van der Waals surface area contributed by atoms with Crippen molar-refractivity contribution >= 4 is 16.6 Å². The summed E-state index contributed by atoms with van der Waals surface area (Å²) >= 11 is 0. The van der Waals surface area contributed by atoms with Gasteiger partial charge >= 0.3 is 0 Å². The van der Waals surface area contributed by atoms with Crippen LogP contribution in [0.25, 0.3) is 10.9 Å². The van der Waals surface area contributed by atoms with Crippen LogP contribution in [0.5, 0.6) is 5.75 Å². The molecule has 2 heterocycles. The van der Waals surface area contributed by atoms with E-state index in [9.17, 15) is 0 Å². The monoisotopic (exact) mass is 244 g/mol. The first kappa shape index (κ1) is 11.5. The Balaban J connectivity index is 2.12. The Bertz CT molecular complexity index is 572. The number of fused-ring (bicyclic) bond motifs is 2. The van der Waals surface area contributed by atoms with E-state index in [-0.39, 0.29) is 11.1 Å². The van der Waals surface area contributed by atoms with Crippen molar-refractivity contribution in [3.05, 3.63) is 23.9 Å². The van der Waals surface area contributed by atoms with Crippen molar-refractivity contribution in [3.63, 3.8) is 0 Å². The molecule has 0 spiro atoms. The first-order valence-electron chi connectivity index (χ1n) is 6.39. The minimum atomic E-state index is -0.312. The number of hydrogen-bond acceptors (Lipinski definition) is 2. The molecule has 3 rings (SSSR count). The van der Waals surface area contributed by atoms with E-state index >= 15 is 0 Å². The molecule has 18 heavy (non-hydrogen) atoms. The van der Waals surface area contributed by atoms with Crippen LogP contribution in [0.3, 0.4) is 0 Å². The number of ether oxygens (including phenoxy) is 1. The molecule has 0 fully saturated rings. The second-order valence-corrected chi connectivity index (χ2v) is 6.61. The van der Waals surface area contributed by atoms with Crippen LogP contribution in [-0.2, 0) is 5.41 Å². The number of aromatic nitrogens is 1. The highest BCUT2D eigenvalue weighted by molar-refractivity contribution is 5.88. The summed E-state index contributed by atoms with van der Waals surface area (Å²) in [4.78, 5) is 3.48. The quantitative estimate of drug-likeness (QED) is 0.734. The van der Waals surface area contributed by atoms with Crippen molar-refractivity contribution in [2.24, 2.45) is 0 Å². The molecule has 0 atom stereocenters. The van der Waals surface area contributed by atoms with Gasteiger partial charge in [-0.3, -0.25) is 0 Å². The molecule has 0 saturated heterocycles. The van der Waals surface area contributed by atoms with Gasteiger partial charge in [0.15, 0.2) is 5.72 Å². The SMILES string of the molecule is CC1(C)Nc2cc3cc(C(C)(C)C)[nH]c3cc2O1. The second kappa shape index (κ2) is 3.22. The van der Waals surface area contributed by atoms with Gasteiger partial charge in [-0.2, -0.15) is 0 Å². The lowest BCUT2D eigenvalue weighted by molar-refractivity contribution is 0.162. The lowest BCUT2D eigenvalue weighted by atomic mass is 9.92. The van der Waals surface area contributed by atoms with E-state index in [1.807, 2.05) is 13.8 Å². The van der Waals surface area contributed by atoms with Crippen molar-refractivity contribution in [2.45, 2.75) is 45.8 Å². The number of H-pyrrole nitrogens is 1. The van der Waals surface area contributed by atoms with Gasteiger partial charge in [0.25, 0.3) is 0 Å². The van der Waals surface area contributed by atoms with Crippen LogP contribution in [0.2, 0.25) is 0 Å². The summed E-state index contributed by atoms with van der Waals surface area (Å²) in [5, 5.41) is 4.61. The number of rotatable bonds is 0. The van der Waals surface area contributed by atoms with Gasteiger partial charge in [-0.1, -0.05) is 20.8 Å². The van der Waals surface area contributed by atoms with Crippen molar-refractivity contribution in [1.82, 2.24) is 4.98 Å². The summed E-state index contributed by atoms with van der Waals surface area (Å²) in [7, 11) is 0. The Hall–Kier alpha value is -1.64. The van der Waals surface area contributed by atoms with E-state index in [0.29, 0.717) is 0 Å². The molecular weight excluding hydrogens is 224 g/mol. The third-order valence-electron chi connectivity index (χ3n) is 3.33. The molecule has 0 aliphatic carbocycles. The average molecular weight is 244 g/mol. The fraction of sp³-hybridized carbons (Fsp3) is 0.467. The molecule has 96 valence electrons. The standard InChI is InChI=1S/C15H20N2O/c1-14(2,3)13-7-9-6-11-12(8-10(9)16-13)18-15(4,5)17-11/h6-8,16-17H,1-5H3. The molecule has 3 heteroatoms. The maximum atomic E-state index is 5.87. The Morgan fingerprint density at radius 1 is 1.11 bits per heavy atom. The highest BCUT2D eigenvalue weighted by Gasteiger charge is 2.29. The van der Waals surface area contributed by atoms with E-state index in [4.69, 9.17) is 4.74 Å². The predicted molar refractivity (Wildman–Crippen MR) is 75.3 cm³/mol. The average Bonchev–Trinajstić information content (AvgIpc) is 2.70. The fourth-order valence-corrected chi connectivity index (χ4v) is 2.37. The number of nitrogens with one attached hydrogen (secondary N) is 2. The normalized spacial score (nSPS) is 17.4. The van der Waals surface area contributed by atoms with Crippen molar-refractivity contribution < 1.29 is 4.74 Å². The molecule has 1 aromatic heterocycles. The van der Waals surface area contributed by atoms with Gasteiger partial charge in [0, 0.05) is 28.1 Å². The Morgan fingerprint density at radius 3 is 2.50 bits per heavy atom. The lowest BCUT2D eigenvalue weighted by Gasteiger charge is -2.17. The first-order chi connectivity index (χ1) is 8.24. The minimum Gasteiger partial charge on any atom is -0.467 e. The van der Waals surface area contributed by atoms with Gasteiger partial charge in [-0.15, -0.1) is 0 Å². The summed E-state index contributed by atoms with van der Waals surface area (Å²) < 4.78 is 5.87. The Morgan fingerprint density at radius 2 is 1.83 bits per heavy atom. The summed E-state index contributed by atoms with van der Waals surface area (Å²) in [6.07, 6.45) is 0. The molecule has 0 unspecified atom stereocenters. The molecule has 0 amide bonds. The number of anilines is 1. The van der Waals surface area contributed by atoms with Gasteiger partial charge in [0.05, 0.1) is 5.69 Å². The van der Waals surface area contributed by atoms with E-state index in [2.05, 4.69) is 49.3 Å². The molecule has 0 radical (unpaired) electrons. The molecule has 1 aliphatic rings. The molecule has 1 aliphatic heterocycles. The zero-order valence-electron chi connectivity index (χ0n) is 11.6. The van der Waals surface area contributed by atoms with Gasteiger partial charge < -0.3 is 15.0 Å². The van der Waals surface area contributed by atoms with Gasteiger partial charge in [-0.05, 0) is 26.0 Å². The van der Waals surface area contributed by atoms with E-state index < -0.39 is 0 Å². The molecule has 1 aromatic carbocycles. The topological polar surface area (TPSA) is 37.0 Å². The van der Waals surface area contributed by atoms with Crippen LogP contribution in [0.15, 0.2) is 18.2 Å². The second-order valence-electron chi connectivity index (χ2n) is 6.61. The third kappa shape index (κ3) is 1.74. The largest absolute Gasteiger partial charge is 0.467 e. The zero-order valence-corrected chi connectivity index (χ0v) is 11.6. The van der Waals surface area contributed by atoms with Gasteiger partial charge in [0.1, 0.15) is 5.75 Å². The maximum absolute atomic E-state index is 5.87. The van der Waals surface area contributed by atoms with Crippen LogP contribution < -0.4 is 10.1 Å². The Labute approximate surface area is 108 Å². The van der Waals surface area contributed by atoms with Crippen LogP contribution in [0, 0.1) is 0 Å². The number of benzene rings is 1. The van der Waals surface area contributed by atoms with Gasteiger partial charge in [0.2, 0.25) is 0 Å². The summed E-state index contributed by atoms with van der Waals surface area (Å²) in [6.45, 7) is 10.7.